The number of ether oxygens (including phenoxy) is 1. The topological polar surface area (TPSA) is 87.7 Å². The molecule has 2 heterocycles. The van der Waals surface area contributed by atoms with E-state index in [9.17, 15) is 14.4 Å². The first-order valence-corrected chi connectivity index (χ1v) is 10.7. The van der Waals surface area contributed by atoms with Gasteiger partial charge < -0.3 is 15.4 Å². The van der Waals surface area contributed by atoms with Crippen molar-refractivity contribution in [2.75, 3.05) is 19.0 Å². The van der Waals surface area contributed by atoms with E-state index < -0.39 is 17.8 Å². The normalized spacial score (nSPS) is 14.6. The summed E-state index contributed by atoms with van der Waals surface area (Å²) in [6.45, 7) is 1.58. The average molecular weight is 448 g/mol. The summed E-state index contributed by atoms with van der Waals surface area (Å²) in [5.41, 5.74) is 2.83. The summed E-state index contributed by atoms with van der Waals surface area (Å²) < 4.78 is 5.18. The highest BCUT2D eigenvalue weighted by Gasteiger charge is 2.35. The van der Waals surface area contributed by atoms with Crippen LogP contribution in [0.15, 0.2) is 66.4 Å². The van der Waals surface area contributed by atoms with E-state index in [0.717, 1.165) is 31.5 Å². The zero-order valence-electron chi connectivity index (χ0n) is 17.5. The van der Waals surface area contributed by atoms with Crippen molar-refractivity contribution < 1.29 is 19.1 Å². The molecule has 1 saturated heterocycles. The standard InChI is InChI=1S/C24H21N3O4S/c1-15-3-7-17(8-4-15)25-22(28)14-27-23(29)20(26-24(27)30)13-19-11-12-21(32-19)16-5-9-18(31-2)10-6-16/h3-13H,14H2,1-2H3,(H,25,28)(H,26,30). The van der Waals surface area contributed by atoms with Gasteiger partial charge in [-0.2, -0.15) is 0 Å². The van der Waals surface area contributed by atoms with E-state index >= 15 is 0 Å². The van der Waals surface area contributed by atoms with Crippen LogP contribution in [0.1, 0.15) is 10.4 Å². The molecule has 1 aliphatic heterocycles. The summed E-state index contributed by atoms with van der Waals surface area (Å²) in [6.07, 6.45) is 1.62. The lowest BCUT2D eigenvalue weighted by Gasteiger charge is -2.12. The first kappa shape index (κ1) is 21.3. The molecule has 1 fully saturated rings. The van der Waals surface area contributed by atoms with Crippen molar-refractivity contribution in [3.63, 3.8) is 0 Å². The minimum atomic E-state index is -0.618. The van der Waals surface area contributed by atoms with Gasteiger partial charge in [-0.15, -0.1) is 11.3 Å². The highest BCUT2D eigenvalue weighted by atomic mass is 32.1. The summed E-state index contributed by atoms with van der Waals surface area (Å²) in [5, 5.41) is 5.24. The molecule has 1 aliphatic rings. The second kappa shape index (κ2) is 9.07. The van der Waals surface area contributed by atoms with E-state index in [1.54, 1.807) is 25.3 Å². The molecule has 2 N–H and O–H groups in total. The fourth-order valence-electron chi connectivity index (χ4n) is 3.18. The fraction of sp³-hybridized carbons (Fsp3) is 0.125. The van der Waals surface area contributed by atoms with Crippen LogP contribution < -0.4 is 15.4 Å². The van der Waals surface area contributed by atoms with Crippen molar-refractivity contribution in [3.8, 4) is 16.2 Å². The van der Waals surface area contributed by atoms with Crippen LogP contribution >= 0.6 is 11.3 Å². The second-order valence-corrected chi connectivity index (χ2v) is 8.34. The van der Waals surface area contributed by atoms with Gasteiger partial charge in [0, 0.05) is 15.4 Å². The third-order valence-electron chi connectivity index (χ3n) is 4.89. The number of benzene rings is 2. The van der Waals surface area contributed by atoms with Gasteiger partial charge in [0.05, 0.1) is 7.11 Å². The van der Waals surface area contributed by atoms with E-state index in [4.69, 9.17) is 4.74 Å². The third kappa shape index (κ3) is 4.70. The van der Waals surface area contributed by atoms with Gasteiger partial charge in [-0.3, -0.25) is 9.59 Å². The Morgan fingerprint density at radius 1 is 1.06 bits per heavy atom. The molecule has 0 atom stereocenters. The van der Waals surface area contributed by atoms with Crippen LogP contribution in [-0.2, 0) is 9.59 Å². The highest BCUT2D eigenvalue weighted by Crippen LogP contribution is 2.31. The number of anilines is 1. The van der Waals surface area contributed by atoms with E-state index in [1.165, 1.54) is 11.3 Å². The summed E-state index contributed by atoms with van der Waals surface area (Å²) in [4.78, 5) is 40.0. The van der Waals surface area contributed by atoms with Crippen molar-refractivity contribution in [1.82, 2.24) is 10.2 Å². The third-order valence-corrected chi connectivity index (χ3v) is 5.97. The van der Waals surface area contributed by atoms with Crippen LogP contribution in [0.5, 0.6) is 5.75 Å². The Hall–Kier alpha value is -3.91. The van der Waals surface area contributed by atoms with Gasteiger partial charge >= 0.3 is 6.03 Å². The number of nitrogens with zero attached hydrogens (tertiary/aromatic N) is 1. The minimum Gasteiger partial charge on any atom is -0.497 e. The number of nitrogens with one attached hydrogen (secondary N) is 2. The zero-order valence-corrected chi connectivity index (χ0v) is 18.4. The van der Waals surface area contributed by atoms with Crippen LogP contribution in [0.3, 0.4) is 0 Å². The number of thiophene rings is 1. The van der Waals surface area contributed by atoms with E-state index in [-0.39, 0.29) is 12.2 Å². The van der Waals surface area contributed by atoms with Gasteiger partial charge in [0.2, 0.25) is 5.91 Å². The number of hydrogen-bond donors (Lipinski definition) is 2. The number of amides is 4. The number of rotatable bonds is 6. The largest absolute Gasteiger partial charge is 0.497 e. The van der Waals surface area contributed by atoms with Crippen LogP contribution in [0.2, 0.25) is 0 Å². The number of imide groups is 1. The van der Waals surface area contributed by atoms with Gasteiger partial charge in [-0.05, 0) is 67.1 Å². The molecular weight excluding hydrogens is 426 g/mol. The number of methoxy groups -OCH3 is 1. The maximum Gasteiger partial charge on any atom is 0.329 e. The molecule has 32 heavy (non-hydrogen) atoms. The minimum absolute atomic E-state index is 0.140. The molecule has 0 spiro atoms. The first-order chi connectivity index (χ1) is 15.4. The van der Waals surface area contributed by atoms with Crippen molar-refractivity contribution in [2.24, 2.45) is 0 Å². The molecule has 0 unspecified atom stereocenters. The van der Waals surface area contributed by atoms with Crippen LogP contribution in [0.4, 0.5) is 10.5 Å². The predicted molar refractivity (Wildman–Crippen MR) is 124 cm³/mol. The van der Waals surface area contributed by atoms with E-state index in [0.29, 0.717) is 5.69 Å². The number of aryl methyl sites for hydroxylation is 1. The highest BCUT2D eigenvalue weighted by molar-refractivity contribution is 7.16. The number of carbonyl (C=O) groups is 3. The monoisotopic (exact) mass is 447 g/mol. The summed E-state index contributed by atoms with van der Waals surface area (Å²) in [7, 11) is 1.62. The molecule has 0 bridgehead atoms. The molecule has 8 heteroatoms. The molecule has 4 amide bonds. The van der Waals surface area contributed by atoms with E-state index in [1.807, 2.05) is 55.5 Å². The molecular formula is C24H21N3O4S. The molecule has 7 nitrogen and oxygen atoms in total. The van der Waals surface area contributed by atoms with E-state index in [2.05, 4.69) is 10.6 Å². The van der Waals surface area contributed by atoms with Gasteiger partial charge in [0.1, 0.15) is 18.0 Å². The quantitative estimate of drug-likeness (QED) is 0.437. The second-order valence-electron chi connectivity index (χ2n) is 7.22. The Morgan fingerprint density at radius 3 is 2.47 bits per heavy atom. The maximum atomic E-state index is 12.7. The Labute approximate surface area is 189 Å². The van der Waals surface area contributed by atoms with Gasteiger partial charge in [-0.25, -0.2) is 9.69 Å². The maximum absolute atomic E-state index is 12.7. The van der Waals surface area contributed by atoms with Crippen LogP contribution in [0, 0.1) is 6.92 Å². The number of hydrogen-bond acceptors (Lipinski definition) is 5. The van der Waals surface area contributed by atoms with Crippen molar-refractivity contribution in [1.29, 1.82) is 0 Å². The van der Waals surface area contributed by atoms with Crippen molar-refractivity contribution in [3.05, 3.63) is 76.8 Å². The zero-order chi connectivity index (χ0) is 22.7. The molecule has 0 aliphatic carbocycles. The van der Waals surface area contributed by atoms with Gasteiger partial charge in [0.25, 0.3) is 5.91 Å². The van der Waals surface area contributed by atoms with Crippen LogP contribution in [-0.4, -0.2) is 36.4 Å². The van der Waals surface area contributed by atoms with Crippen molar-refractivity contribution in [2.45, 2.75) is 6.92 Å². The van der Waals surface area contributed by atoms with Gasteiger partial charge in [-0.1, -0.05) is 17.7 Å². The summed E-state index contributed by atoms with van der Waals surface area (Å²) in [5.74, 6) is -0.205. The summed E-state index contributed by atoms with van der Waals surface area (Å²) in [6, 6.07) is 18.2. The Kier molecular flexibility index (Phi) is 6.04. The summed E-state index contributed by atoms with van der Waals surface area (Å²) >= 11 is 1.49. The smallest absolute Gasteiger partial charge is 0.329 e. The molecule has 0 saturated carbocycles. The molecule has 1 aromatic heterocycles. The number of carbonyl (C=O) groups excluding carboxylic acids is 3. The Balaban J connectivity index is 1.43. The molecule has 0 radical (unpaired) electrons. The predicted octanol–water partition coefficient (Wildman–Crippen LogP) is 4.26. The first-order valence-electron chi connectivity index (χ1n) is 9.88. The molecule has 4 rings (SSSR count). The fourth-order valence-corrected chi connectivity index (χ4v) is 4.14. The van der Waals surface area contributed by atoms with Gasteiger partial charge in [0.15, 0.2) is 0 Å². The average Bonchev–Trinajstić information content (AvgIpc) is 3.36. The lowest BCUT2D eigenvalue weighted by molar-refractivity contribution is -0.127. The lowest BCUT2D eigenvalue weighted by atomic mass is 10.2. The Bertz CT molecular complexity index is 1200. The molecule has 3 aromatic rings. The SMILES string of the molecule is COc1ccc(-c2ccc(C=C3NC(=O)N(CC(=O)Nc4ccc(C)cc4)C3=O)s2)cc1. The number of urea groups is 1. The Morgan fingerprint density at radius 2 is 1.78 bits per heavy atom. The molecule has 2 aromatic carbocycles. The lowest BCUT2D eigenvalue weighted by Crippen LogP contribution is -2.38. The van der Waals surface area contributed by atoms with Crippen molar-refractivity contribution >= 4 is 40.9 Å². The van der Waals surface area contributed by atoms with Crippen LogP contribution in [0.25, 0.3) is 16.5 Å². The molecule has 162 valence electrons.